The molecule has 5 saturated heterocycles. The number of nitrogens with zero attached hydrogens (tertiary/aromatic N) is 6. The fraction of sp³-hybridized carbons (Fsp3) is 0.429. The number of imide groups is 2. The second-order valence-electron chi connectivity index (χ2n) is 16.4. The molecule has 0 aliphatic carbocycles. The summed E-state index contributed by atoms with van der Waals surface area (Å²) in [6.07, 6.45) is 3.53. The van der Waals surface area contributed by atoms with E-state index >= 15 is 0 Å². The summed E-state index contributed by atoms with van der Waals surface area (Å²) in [4.78, 5) is 73.6. The zero-order chi connectivity index (χ0) is 38.9. The second kappa shape index (κ2) is 13.9. The van der Waals surface area contributed by atoms with Crippen LogP contribution in [-0.2, 0) is 9.59 Å². The molecule has 6 heterocycles. The Kier molecular flexibility index (Phi) is 9.01. The summed E-state index contributed by atoms with van der Waals surface area (Å²) in [6.45, 7) is 8.14. The van der Waals surface area contributed by atoms with Crippen molar-refractivity contribution in [2.75, 3.05) is 60.9 Å². The van der Waals surface area contributed by atoms with Crippen molar-refractivity contribution in [3.05, 3.63) is 87.9 Å². The molecule has 6 aliphatic heterocycles. The fourth-order valence-electron chi connectivity index (χ4n) is 9.59. The normalized spacial score (nSPS) is 23.9. The van der Waals surface area contributed by atoms with Gasteiger partial charge < -0.3 is 20.0 Å². The molecule has 14 heteroatoms. The van der Waals surface area contributed by atoms with Crippen molar-refractivity contribution in [3.63, 3.8) is 0 Å². The Morgan fingerprint density at radius 3 is 2.32 bits per heavy atom. The van der Waals surface area contributed by atoms with Gasteiger partial charge in [0, 0.05) is 86.9 Å². The lowest BCUT2D eigenvalue weighted by atomic mass is 9.76. The van der Waals surface area contributed by atoms with Gasteiger partial charge in [0.1, 0.15) is 12.1 Å². The highest BCUT2D eigenvalue weighted by Gasteiger charge is 2.46. The summed E-state index contributed by atoms with van der Waals surface area (Å²) >= 11 is 6.36. The summed E-state index contributed by atoms with van der Waals surface area (Å²) in [5.41, 5.74) is 4.91. The Labute approximate surface area is 330 Å². The molecule has 0 saturated carbocycles. The highest BCUT2D eigenvalue weighted by Crippen LogP contribution is 2.46. The van der Waals surface area contributed by atoms with Gasteiger partial charge in [-0.05, 0) is 98.7 Å². The number of benzene rings is 3. The standard InChI is InChI=1S/C42H43ClN8O5/c1-25-18-42(24-50(25)31-8-4-27(19-44)35(43)17-31)12-14-47(15-13-42)30-6-2-26(3-7-30)39(54)49-22-32(23-49)48-20-29(21-48)45-28-5-9-33-34(16-28)41(56)51(40(33)55)36-10-11-37(52)46-38(36)53/h2-9,16-17,25,29,32,36,45H,10-15,18,20-24H2,1H3,(H,46,52,53)/t25-,36?/m0/s1. The van der Waals surface area contributed by atoms with Crippen LogP contribution in [0.15, 0.2) is 60.7 Å². The van der Waals surface area contributed by atoms with Crippen LogP contribution in [0.1, 0.15) is 75.7 Å². The zero-order valence-corrected chi connectivity index (χ0v) is 31.9. The van der Waals surface area contributed by atoms with Gasteiger partial charge in [-0.2, -0.15) is 5.26 Å². The number of fused-ring (bicyclic) bond motifs is 1. The second-order valence-corrected chi connectivity index (χ2v) is 16.8. The number of nitrogens with one attached hydrogen (secondary N) is 2. The quantitative estimate of drug-likeness (QED) is 0.336. The Balaban J connectivity index is 0.726. The Hall–Kier alpha value is -5.45. The van der Waals surface area contributed by atoms with Gasteiger partial charge >= 0.3 is 0 Å². The summed E-state index contributed by atoms with van der Waals surface area (Å²) in [5.74, 6) is -2.02. The van der Waals surface area contributed by atoms with E-state index in [1.165, 1.54) is 0 Å². The van der Waals surface area contributed by atoms with Gasteiger partial charge in [0.25, 0.3) is 17.7 Å². The fourth-order valence-corrected chi connectivity index (χ4v) is 9.80. The third-order valence-electron chi connectivity index (χ3n) is 12.9. The van der Waals surface area contributed by atoms with E-state index in [2.05, 4.69) is 50.5 Å². The van der Waals surface area contributed by atoms with Crippen LogP contribution in [0.2, 0.25) is 5.02 Å². The van der Waals surface area contributed by atoms with Gasteiger partial charge in [-0.15, -0.1) is 0 Å². The van der Waals surface area contributed by atoms with E-state index in [9.17, 15) is 29.2 Å². The number of hydrogen-bond donors (Lipinski definition) is 2. The number of anilines is 3. The van der Waals surface area contributed by atoms with E-state index in [4.69, 9.17) is 11.6 Å². The Bertz CT molecular complexity index is 2190. The molecule has 0 radical (unpaired) electrons. The summed E-state index contributed by atoms with van der Waals surface area (Å²) in [6, 6.07) is 20.9. The molecule has 0 bridgehead atoms. The number of nitriles is 1. The van der Waals surface area contributed by atoms with E-state index in [-0.39, 0.29) is 41.3 Å². The average molecular weight is 775 g/mol. The molecule has 9 rings (SSSR count). The average Bonchev–Trinajstić information content (AvgIpc) is 3.61. The molecular weight excluding hydrogens is 732 g/mol. The minimum atomic E-state index is -0.989. The molecule has 13 nitrogen and oxygen atoms in total. The maximum absolute atomic E-state index is 13.4. The van der Waals surface area contributed by atoms with Crippen molar-refractivity contribution < 1.29 is 24.0 Å². The van der Waals surface area contributed by atoms with Crippen molar-refractivity contribution in [1.82, 2.24) is 20.0 Å². The number of halogens is 1. The summed E-state index contributed by atoms with van der Waals surface area (Å²) < 4.78 is 0. The minimum Gasteiger partial charge on any atom is -0.380 e. The van der Waals surface area contributed by atoms with Crippen LogP contribution in [0.25, 0.3) is 0 Å². The maximum Gasteiger partial charge on any atom is 0.262 e. The van der Waals surface area contributed by atoms with E-state index < -0.39 is 29.7 Å². The monoisotopic (exact) mass is 774 g/mol. The predicted molar refractivity (Wildman–Crippen MR) is 210 cm³/mol. The first kappa shape index (κ1) is 36.2. The highest BCUT2D eigenvalue weighted by atomic mass is 35.5. The molecule has 1 spiro atoms. The molecule has 3 aromatic carbocycles. The van der Waals surface area contributed by atoms with Gasteiger partial charge in [0.2, 0.25) is 11.8 Å². The molecule has 1 unspecified atom stereocenters. The minimum absolute atomic E-state index is 0.0484. The summed E-state index contributed by atoms with van der Waals surface area (Å²) in [7, 11) is 0. The highest BCUT2D eigenvalue weighted by molar-refractivity contribution is 6.32. The van der Waals surface area contributed by atoms with Crippen LogP contribution in [0, 0.1) is 16.7 Å². The molecule has 5 amide bonds. The van der Waals surface area contributed by atoms with Gasteiger partial charge in [-0.3, -0.25) is 39.1 Å². The SMILES string of the molecule is C[C@H]1CC2(CCN(c3ccc(C(=O)N4CC(N5CC(Nc6ccc7c(c6)C(=O)N(C6CCC(=O)NC6=O)C7=O)C5)C4)cc3)CC2)CN1c1ccc(C#N)c(Cl)c1. The number of hydrogen-bond acceptors (Lipinski definition) is 10. The number of rotatable bonds is 7. The third-order valence-corrected chi connectivity index (χ3v) is 13.2. The number of likely N-dealkylation sites (tertiary alicyclic amines) is 2. The first-order chi connectivity index (χ1) is 27.0. The van der Waals surface area contributed by atoms with Crippen LogP contribution >= 0.6 is 11.6 Å². The molecule has 2 atom stereocenters. The zero-order valence-electron chi connectivity index (χ0n) is 31.2. The van der Waals surface area contributed by atoms with Crippen molar-refractivity contribution in [1.29, 1.82) is 5.26 Å². The van der Waals surface area contributed by atoms with E-state index in [1.807, 2.05) is 35.2 Å². The largest absolute Gasteiger partial charge is 0.380 e. The van der Waals surface area contributed by atoms with Gasteiger partial charge in [-0.1, -0.05) is 11.6 Å². The molecule has 2 N–H and O–H groups in total. The van der Waals surface area contributed by atoms with Crippen LogP contribution in [-0.4, -0.2) is 114 Å². The number of amides is 5. The molecule has 56 heavy (non-hydrogen) atoms. The number of piperidine rings is 2. The first-order valence-corrected chi connectivity index (χ1v) is 19.8. The maximum atomic E-state index is 13.4. The van der Waals surface area contributed by atoms with Crippen molar-refractivity contribution in [2.24, 2.45) is 5.41 Å². The van der Waals surface area contributed by atoms with Crippen LogP contribution < -0.4 is 20.4 Å². The Morgan fingerprint density at radius 2 is 1.62 bits per heavy atom. The molecular formula is C42H43ClN8O5. The summed E-state index contributed by atoms with van der Waals surface area (Å²) in [5, 5.41) is 15.5. The van der Waals surface area contributed by atoms with Crippen molar-refractivity contribution in [2.45, 2.75) is 63.2 Å². The predicted octanol–water partition coefficient (Wildman–Crippen LogP) is 4.12. The number of carbonyl (C=O) groups is 5. The van der Waals surface area contributed by atoms with Crippen LogP contribution in [0.5, 0.6) is 0 Å². The molecule has 0 aromatic heterocycles. The van der Waals surface area contributed by atoms with Crippen LogP contribution in [0.3, 0.4) is 0 Å². The first-order valence-electron chi connectivity index (χ1n) is 19.5. The van der Waals surface area contributed by atoms with Gasteiger partial charge in [0.05, 0.1) is 27.8 Å². The molecule has 6 aliphatic rings. The lowest BCUT2D eigenvalue weighted by Crippen LogP contribution is -2.68. The van der Waals surface area contributed by atoms with E-state index in [0.29, 0.717) is 41.3 Å². The van der Waals surface area contributed by atoms with Crippen molar-refractivity contribution >= 4 is 58.2 Å². The lowest BCUT2D eigenvalue weighted by Gasteiger charge is -2.52. The van der Waals surface area contributed by atoms with E-state index in [1.54, 1.807) is 18.2 Å². The molecule has 288 valence electrons. The van der Waals surface area contributed by atoms with Gasteiger partial charge in [-0.25, -0.2) is 0 Å². The lowest BCUT2D eigenvalue weighted by molar-refractivity contribution is -0.136. The smallest absolute Gasteiger partial charge is 0.262 e. The third kappa shape index (κ3) is 6.34. The topological polar surface area (TPSA) is 149 Å². The number of carbonyl (C=O) groups excluding carboxylic acids is 5. The molecule has 3 aromatic rings. The van der Waals surface area contributed by atoms with Crippen LogP contribution in [0.4, 0.5) is 17.1 Å². The van der Waals surface area contributed by atoms with Gasteiger partial charge in [0.15, 0.2) is 0 Å². The van der Waals surface area contributed by atoms with E-state index in [0.717, 1.165) is 73.9 Å². The van der Waals surface area contributed by atoms with Crippen molar-refractivity contribution in [3.8, 4) is 6.07 Å². The molecule has 5 fully saturated rings. The Morgan fingerprint density at radius 1 is 0.911 bits per heavy atom.